The van der Waals surface area contributed by atoms with E-state index >= 15 is 0 Å². The maximum Gasteiger partial charge on any atom is 0.148 e. The molecule has 0 aromatic carbocycles. The fourth-order valence-electron chi connectivity index (χ4n) is 2.68. The van der Waals surface area contributed by atoms with Crippen LogP contribution in [-0.2, 0) is 4.74 Å². The fourth-order valence-corrected chi connectivity index (χ4v) is 3.09. The number of rotatable bonds is 2. The van der Waals surface area contributed by atoms with E-state index in [1.54, 1.807) is 12.5 Å². The van der Waals surface area contributed by atoms with Gasteiger partial charge < -0.3 is 14.1 Å². The van der Waals surface area contributed by atoms with Gasteiger partial charge in [-0.05, 0) is 42.8 Å². The van der Waals surface area contributed by atoms with Crippen molar-refractivity contribution in [3.63, 3.8) is 0 Å². The van der Waals surface area contributed by atoms with E-state index < -0.39 is 0 Å². The lowest BCUT2D eigenvalue weighted by molar-refractivity contribution is -0.00547. The highest BCUT2D eigenvalue weighted by molar-refractivity contribution is 9.10. The van der Waals surface area contributed by atoms with Gasteiger partial charge >= 0.3 is 0 Å². The quantitative estimate of drug-likeness (QED) is 0.829. The lowest BCUT2D eigenvalue weighted by Crippen LogP contribution is -2.45. The normalized spacial score (nSPS) is 22.6. The molecule has 0 saturated carbocycles. The molecule has 0 aliphatic carbocycles. The summed E-state index contributed by atoms with van der Waals surface area (Å²) in [5.41, 5.74) is 1.77. The van der Waals surface area contributed by atoms with Gasteiger partial charge in [-0.25, -0.2) is 9.97 Å². The number of anilines is 1. The molecule has 1 fully saturated rings. The lowest BCUT2D eigenvalue weighted by Gasteiger charge is -2.36. The molecule has 6 heteroatoms. The largest absolute Gasteiger partial charge is 0.469 e. The van der Waals surface area contributed by atoms with Crippen molar-refractivity contribution in [2.24, 2.45) is 0 Å². The van der Waals surface area contributed by atoms with E-state index in [9.17, 15) is 0 Å². The van der Waals surface area contributed by atoms with Crippen molar-refractivity contribution in [2.45, 2.75) is 33.0 Å². The predicted octanol–water partition coefficient (Wildman–Crippen LogP) is 3.42. The number of hydrogen-bond donors (Lipinski definition) is 0. The number of nitrogens with zero attached hydrogens (tertiary/aromatic N) is 3. The molecule has 1 aliphatic heterocycles. The molecule has 3 rings (SSSR count). The molecule has 0 radical (unpaired) electrons. The SMILES string of the molecule is Cc1occc1-c1nc(N2CC(C)OC(C)C2)cnc1Br. The number of hydrogen-bond acceptors (Lipinski definition) is 5. The Morgan fingerprint density at radius 1 is 1.29 bits per heavy atom. The van der Waals surface area contributed by atoms with E-state index in [4.69, 9.17) is 14.1 Å². The number of furan rings is 1. The van der Waals surface area contributed by atoms with Crippen molar-refractivity contribution in [3.8, 4) is 11.3 Å². The number of halogens is 1. The number of aryl methyl sites for hydroxylation is 1. The van der Waals surface area contributed by atoms with Crippen molar-refractivity contribution in [1.29, 1.82) is 0 Å². The molecule has 2 atom stereocenters. The maximum absolute atomic E-state index is 5.77. The zero-order chi connectivity index (χ0) is 15.0. The van der Waals surface area contributed by atoms with E-state index in [0.717, 1.165) is 40.5 Å². The summed E-state index contributed by atoms with van der Waals surface area (Å²) < 4.78 is 11.9. The highest BCUT2D eigenvalue weighted by Gasteiger charge is 2.24. The molecule has 0 bridgehead atoms. The van der Waals surface area contributed by atoms with Gasteiger partial charge in [0.2, 0.25) is 0 Å². The van der Waals surface area contributed by atoms with Crippen LogP contribution >= 0.6 is 15.9 Å². The molecule has 1 saturated heterocycles. The average molecular weight is 352 g/mol. The van der Waals surface area contributed by atoms with Gasteiger partial charge in [0.1, 0.15) is 21.9 Å². The van der Waals surface area contributed by atoms with Gasteiger partial charge in [0.25, 0.3) is 0 Å². The lowest BCUT2D eigenvalue weighted by atomic mass is 10.2. The average Bonchev–Trinajstić information content (AvgIpc) is 2.84. The summed E-state index contributed by atoms with van der Waals surface area (Å²) in [7, 11) is 0. The van der Waals surface area contributed by atoms with Gasteiger partial charge in [-0.2, -0.15) is 0 Å². The third kappa shape index (κ3) is 2.96. The minimum absolute atomic E-state index is 0.193. The Balaban J connectivity index is 1.96. The van der Waals surface area contributed by atoms with Gasteiger partial charge in [-0.3, -0.25) is 0 Å². The molecule has 112 valence electrons. The van der Waals surface area contributed by atoms with Gasteiger partial charge in [-0.1, -0.05) is 0 Å². The second-order valence-corrected chi connectivity index (χ2v) is 6.17. The Bertz CT molecular complexity index is 634. The van der Waals surface area contributed by atoms with Gasteiger partial charge in [0.15, 0.2) is 0 Å². The van der Waals surface area contributed by atoms with E-state index in [0.29, 0.717) is 0 Å². The number of morpholine rings is 1. The van der Waals surface area contributed by atoms with Crippen LogP contribution in [-0.4, -0.2) is 35.3 Å². The van der Waals surface area contributed by atoms with Crippen molar-refractivity contribution in [3.05, 3.63) is 28.9 Å². The molecule has 0 amide bonds. The minimum Gasteiger partial charge on any atom is -0.469 e. The van der Waals surface area contributed by atoms with Crippen LogP contribution in [0.3, 0.4) is 0 Å². The first-order chi connectivity index (χ1) is 10.0. The van der Waals surface area contributed by atoms with Crippen LogP contribution in [0.5, 0.6) is 0 Å². The predicted molar refractivity (Wildman–Crippen MR) is 84.4 cm³/mol. The molecule has 2 aromatic rings. The zero-order valence-electron chi connectivity index (χ0n) is 12.3. The van der Waals surface area contributed by atoms with Crippen molar-refractivity contribution >= 4 is 21.7 Å². The van der Waals surface area contributed by atoms with E-state index in [-0.39, 0.29) is 12.2 Å². The van der Waals surface area contributed by atoms with Crippen LogP contribution in [0, 0.1) is 6.92 Å². The first kappa shape index (κ1) is 14.5. The first-order valence-electron chi connectivity index (χ1n) is 7.02. The molecule has 3 heterocycles. The smallest absolute Gasteiger partial charge is 0.148 e. The molecule has 21 heavy (non-hydrogen) atoms. The summed E-state index contributed by atoms with van der Waals surface area (Å²) in [4.78, 5) is 11.4. The van der Waals surface area contributed by atoms with Crippen LogP contribution in [0.2, 0.25) is 0 Å². The molecule has 2 aromatic heterocycles. The highest BCUT2D eigenvalue weighted by Crippen LogP contribution is 2.30. The summed E-state index contributed by atoms with van der Waals surface area (Å²) in [6, 6.07) is 1.92. The van der Waals surface area contributed by atoms with Crippen molar-refractivity contribution in [2.75, 3.05) is 18.0 Å². The molecule has 0 spiro atoms. The number of ether oxygens (including phenoxy) is 1. The van der Waals surface area contributed by atoms with E-state index in [1.807, 2.05) is 13.0 Å². The van der Waals surface area contributed by atoms with Crippen LogP contribution in [0.15, 0.2) is 27.5 Å². The molecule has 0 N–H and O–H groups in total. The molecular formula is C15H18BrN3O2. The van der Waals surface area contributed by atoms with Crippen LogP contribution in [0.4, 0.5) is 5.82 Å². The topological polar surface area (TPSA) is 51.4 Å². The monoisotopic (exact) mass is 351 g/mol. The molecular weight excluding hydrogens is 334 g/mol. The van der Waals surface area contributed by atoms with Gasteiger partial charge in [0, 0.05) is 18.7 Å². The van der Waals surface area contributed by atoms with Gasteiger partial charge in [-0.15, -0.1) is 0 Å². The van der Waals surface area contributed by atoms with Crippen molar-refractivity contribution in [1.82, 2.24) is 9.97 Å². The third-order valence-corrected chi connectivity index (χ3v) is 4.15. The summed E-state index contributed by atoms with van der Waals surface area (Å²) in [5, 5.41) is 0. The standard InChI is InChI=1S/C15H18BrN3O2/c1-9-7-19(8-10(2)21-9)13-6-17-15(16)14(18-13)12-4-5-20-11(12)3/h4-6,9-10H,7-8H2,1-3H3. The second-order valence-electron chi connectivity index (χ2n) is 5.42. The summed E-state index contributed by atoms with van der Waals surface area (Å²) >= 11 is 3.48. The third-order valence-electron chi connectivity index (χ3n) is 3.57. The molecule has 5 nitrogen and oxygen atoms in total. The summed E-state index contributed by atoms with van der Waals surface area (Å²) in [5.74, 6) is 1.71. The maximum atomic E-state index is 5.77. The Labute approximate surface area is 132 Å². The summed E-state index contributed by atoms with van der Waals surface area (Å²) in [6.07, 6.45) is 3.86. The summed E-state index contributed by atoms with van der Waals surface area (Å²) in [6.45, 7) is 7.73. The zero-order valence-corrected chi connectivity index (χ0v) is 13.9. The molecule has 1 aliphatic rings. The first-order valence-corrected chi connectivity index (χ1v) is 7.81. The van der Waals surface area contributed by atoms with Crippen LogP contribution < -0.4 is 4.90 Å². The minimum atomic E-state index is 0.193. The van der Waals surface area contributed by atoms with Crippen molar-refractivity contribution < 1.29 is 9.15 Å². The Hall–Kier alpha value is -1.40. The number of aromatic nitrogens is 2. The fraction of sp³-hybridized carbons (Fsp3) is 0.467. The van der Waals surface area contributed by atoms with Crippen LogP contribution in [0.1, 0.15) is 19.6 Å². The van der Waals surface area contributed by atoms with E-state index in [1.165, 1.54) is 0 Å². The van der Waals surface area contributed by atoms with Gasteiger partial charge in [0.05, 0.1) is 24.7 Å². The Morgan fingerprint density at radius 2 is 2.00 bits per heavy atom. The Kier molecular flexibility index (Phi) is 3.99. The van der Waals surface area contributed by atoms with Crippen LogP contribution in [0.25, 0.3) is 11.3 Å². The highest BCUT2D eigenvalue weighted by atomic mass is 79.9. The Morgan fingerprint density at radius 3 is 2.62 bits per heavy atom. The molecule has 2 unspecified atom stereocenters. The second kappa shape index (κ2) is 5.77. The van der Waals surface area contributed by atoms with E-state index in [2.05, 4.69) is 39.7 Å².